The van der Waals surface area contributed by atoms with Crippen LogP contribution in [0.5, 0.6) is 0 Å². The summed E-state index contributed by atoms with van der Waals surface area (Å²) in [7, 11) is 0. The lowest BCUT2D eigenvalue weighted by atomic mass is 10.0. The number of nitrogens with zero attached hydrogens (tertiary/aromatic N) is 5. The van der Waals surface area contributed by atoms with E-state index in [1.54, 1.807) is 30.6 Å². The van der Waals surface area contributed by atoms with Crippen LogP contribution in [0.4, 0.5) is 28.8 Å². The number of aliphatic hydroxyl groups is 2. The van der Waals surface area contributed by atoms with E-state index in [2.05, 4.69) is 38.9 Å². The highest BCUT2D eigenvalue weighted by atomic mass is 16.3. The van der Waals surface area contributed by atoms with Crippen molar-refractivity contribution in [2.75, 3.05) is 34.4 Å². The van der Waals surface area contributed by atoms with Gasteiger partial charge in [-0.05, 0) is 69.9 Å². The third-order valence-electron chi connectivity index (χ3n) is 6.99. The number of anilines is 5. The van der Waals surface area contributed by atoms with E-state index < -0.39 is 6.23 Å². The molecule has 6 N–H and O–H groups in total. The summed E-state index contributed by atoms with van der Waals surface area (Å²) in [5.74, 6) is 1.27. The number of hydrogen-bond acceptors (Lipinski definition) is 9. The maximum atomic E-state index is 10.7. The lowest BCUT2D eigenvalue weighted by Gasteiger charge is -2.35. The topological polar surface area (TPSA) is 137 Å². The summed E-state index contributed by atoms with van der Waals surface area (Å²) in [6, 6.07) is 15.2. The van der Waals surface area contributed by atoms with Crippen molar-refractivity contribution in [3.05, 3.63) is 60.4 Å². The Kier molecular flexibility index (Phi) is 7.62. The number of imidazole rings is 1. The number of nitrogens with one attached hydrogen (secondary N) is 2. The van der Waals surface area contributed by atoms with Crippen molar-refractivity contribution in [1.29, 1.82) is 0 Å². The van der Waals surface area contributed by atoms with Crippen LogP contribution >= 0.6 is 0 Å². The van der Waals surface area contributed by atoms with Gasteiger partial charge in [0.05, 0.1) is 6.33 Å². The van der Waals surface area contributed by atoms with Crippen molar-refractivity contribution in [3.8, 4) is 0 Å². The molecular formula is C28H36N8O2. The van der Waals surface area contributed by atoms with Gasteiger partial charge in [-0.3, -0.25) is 0 Å². The van der Waals surface area contributed by atoms with Crippen molar-refractivity contribution in [3.63, 3.8) is 0 Å². The first kappa shape index (κ1) is 25.7. The third kappa shape index (κ3) is 5.51. The molecule has 1 saturated heterocycles. The second kappa shape index (κ2) is 11.2. The van der Waals surface area contributed by atoms with Gasteiger partial charge < -0.3 is 36.0 Å². The van der Waals surface area contributed by atoms with Crippen LogP contribution < -0.4 is 21.3 Å². The Morgan fingerprint density at radius 3 is 2.63 bits per heavy atom. The van der Waals surface area contributed by atoms with E-state index in [9.17, 15) is 10.2 Å². The van der Waals surface area contributed by atoms with Crippen LogP contribution in [0.2, 0.25) is 0 Å². The van der Waals surface area contributed by atoms with E-state index in [0.717, 1.165) is 48.4 Å². The summed E-state index contributed by atoms with van der Waals surface area (Å²) < 4.78 is 2.05. The number of piperidine rings is 1. The molecule has 200 valence electrons. The molecule has 1 aliphatic heterocycles. The van der Waals surface area contributed by atoms with Gasteiger partial charge in [0.15, 0.2) is 23.2 Å². The molecule has 0 radical (unpaired) electrons. The molecule has 10 heteroatoms. The van der Waals surface area contributed by atoms with Gasteiger partial charge in [0.1, 0.15) is 0 Å². The monoisotopic (exact) mass is 516 g/mol. The first-order valence-electron chi connectivity index (χ1n) is 13.2. The summed E-state index contributed by atoms with van der Waals surface area (Å²) in [4.78, 5) is 16.8. The number of aliphatic hydroxyl groups excluding tert-OH is 2. The highest BCUT2D eigenvalue weighted by molar-refractivity contribution is 5.87. The van der Waals surface area contributed by atoms with Crippen molar-refractivity contribution >= 4 is 40.0 Å². The van der Waals surface area contributed by atoms with Crippen molar-refractivity contribution in [2.45, 2.75) is 57.8 Å². The summed E-state index contributed by atoms with van der Waals surface area (Å²) in [5, 5.41) is 26.9. The van der Waals surface area contributed by atoms with Crippen LogP contribution in [0, 0.1) is 0 Å². The van der Waals surface area contributed by atoms with E-state index in [1.165, 1.54) is 0 Å². The Bertz CT molecular complexity index is 1370. The molecule has 2 unspecified atom stereocenters. The number of hydrogen-bond donors (Lipinski definition) is 5. The first-order chi connectivity index (χ1) is 18.4. The van der Waals surface area contributed by atoms with Crippen LogP contribution in [-0.2, 0) is 0 Å². The largest absolute Gasteiger partial charge is 0.399 e. The fraction of sp³-hybridized carbons (Fsp3) is 0.393. The minimum Gasteiger partial charge on any atom is -0.399 e. The molecule has 2 aromatic heterocycles. The number of benzene rings is 2. The highest BCUT2D eigenvalue weighted by Crippen LogP contribution is 2.31. The van der Waals surface area contributed by atoms with Crippen LogP contribution in [0.1, 0.15) is 57.4 Å². The van der Waals surface area contributed by atoms with Gasteiger partial charge in [-0.25, -0.2) is 4.98 Å². The van der Waals surface area contributed by atoms with Crippen molar-refractivity contribution in [2.24, 2.45) is 0 Å². The SMILES string of the molecule is CC(C)n1cnc2c(Nc3cccc(NC(O)c4ccc(N)cc4)c3)nc(N3CCCCC3CCO)nc21. The van der Waals surface area contributed by atoms with Crippen molar-refractivity contribution in [1.82, 2.24) is 19.5 Å². The summed E-state index contributed by atoms with van der Waals surface area (Å²) in [6.07, 6.45) is 4.84. The zero-order chi connectivity index (χ0) is 26.6. The number of fused-ring (bicyclic) bond motifs is 1. The third-order valence-corrected chi connectivity index (χ3v) is 6.99. The molecule has 4 aromatic rings. The molecule has 5 rings (SSSR count). The van der Waals surface area contributed by atoms with E-state index in [1.807, 2.05) is 24.3 Å². The standard InChI is InChI=1S/C28H36N8O2/c1-18(2)36-17-30-24-25(33-28(34-26(24)36)35-14-4-3-8-23(35)13-15-37)31-21-6-5-7-22(16-21)32-27(38)19-9-11-20(29)12-10-19/h5-7,9-12,16-18,23,27,32,37-38H,3-4,8,13-15,29H2,1-2H3,(H,31,33,34). The smallest absolute Gasteiger partial charge is 0.229 e. The Balaban J connectivity index is 1.46. The first-order valence-corrected chi connectivity index (χ1v) is 13.2. The van der Waals surface area contributed by atoms with E-state index >= 15 is 0 Å². The van der Waals surface area contributed by atoms with E-state index in [4.69, 9.17) is 15.7 Å². The Labute approximate surface area is 222 Å². The molecule has 0 saturated carbocycles. The minimum atomic E-state index is -0.882. The second-order valence-corrected chi connectivity index (χ2v) is 10.1. The summed E-state index contributed by atoms with van der Waals surface area (Å²) in [6.45, 7) is 5.20. The Morgan fingerprint density at radius 2 is 1.87 bits per heavy atom. The van der Waals surface area contributed by atoms with Gasteiger partial charge in [0, 0.05) is 47.9 Å². The van der Waals surface area contributed by atoms with Gasteiger partial charge in [0.25, 0.3) is 0 Å². The van der Waals surface area contributed by atoms with Crippen molar-refractivity contribution < 1.29 is 10.2 Å². The maximum absolute atomic E-state index is 10.7. The van der Waals surface area contributed by atoms with Gasteiger partial charge in [-0.1, -0.05) is 18.2 Å². The van der Waals surface area contributed by atoms with E-state index in [-0.39, 0.29) is 18.7 Å². The zero-order valence-corrected chi connectivity index (χ0v) is 21.9. The average Bonchev–Trinajstić information content (AvgIpc) is 3.35. The molecule has 38 heavy (non-hydrogen) atoms. The second-order valence-electron chi connectivity index (χ2n) is 10.1. The summed E-state index contributed by atoms with van der Waals surface area (Å²) in [5.41, 5.74) is 10.2. The predicted octanol–water partition coefficient (Wildman–Crippen LogP) is 4.58. The van der Waals surface area contributed by atoms with Crippen LogP contribution in [-0.4, -0.2) is 48.9 Å². The molecule has 2 aromatic carbocycles. The number of rotatable bonds is 9. The molecule has 3 heterocycles. The fourth-order valence-corrected chi connectivity index (χ4v) is 4.95. The lowest BCUT2D eigenvalue weighted by Crippen LogP contribution is -2.41. The van der Waals surface area contributed by atoms with Gasteiger partial charge in [0.2, 0.25) is 5.95 Å². The van der Waals surface area contributed by atoms with E-state index in [0.29, 0.717) is 29.4 Å². The molecular weight excluding hydrogens is 480 g/mol. The predicted molar refractivity (Wildman–Crippen MR) is 152 cm³/mol. The lowest BCUT2D eigenvalue weighted by molar-refractivity contribution is 0.208. The average molecular weight is 517 g/mol. The Hall–Kier alpha value is -3.89. The Morgan fingerprint density at radius 1 is 1.08 bits per heavy atom. The molecule has 10 nitrogen and oxygen atoms in total. The van der Waals surface area contributed by atoms with Crippen LogP contribution in [0.25, 0.3) is 11.2 Å². The fourth-order valence-electron chi connectivity index (χ4n) is 4.95. The normalized spacial score (nSPS) is 16.7. The van der Waals surface area contributed by atoms with Gasteiger partial charge in [-0.15, -0.1) is 0 Å². The van der Waals surface area contributed by atoms with Crippen LogP contribution in [0.15, 0.2) is 54.9 Å². The molecule has 2 atom stereocenters. The van der Waals surface area contributed by atoms with Gasteiger partial charge in [-0.2, -0.15) is 9.97 Å². The molecule has 0 bridgehead atoms. The molecule has 1 aliphatic rings. The number of nitrogens with two attached hydrogens (primary N) is 1. The summed E-state index contributed by atoms with van der Waals surface area (Å²) >= 11 is 0. The molecule has 0 spiro atoms. The minimum absolute atomic E-state index is 0.139. The number of nitrogen functional groups attached to an aromatic ring is 1. The zero-order valence-electron chi connectivity index (χ0n) is 21.9. The number of aromatic nitrogens is 4. The van der Waals surface area contributed by atoms with Crippen LogP contribution in [0.3, 0.4) is 0 Å². The molecule has 1 fully saturated rings. The van der Waals surface area contributed by atoms with Gasteiger partial charge >= 0.3 is 0 Å². The molecule has 0 amide bonds. The maximum Gasteiger partial charge on any atom is 0.229 e. The molecule has 0 aliphatic carbocycles. The highest BCUT2D eigenvalue weighted by Gasteiger charge is 2.26. The quantitative estimate of drug-likeness (QED) is 0.160.